The van der Waals surface area contributed by atoms with Crippen molar-refractivity contribution in [2.45, 2.75) is 71.6 Å². The fourth-order valence-corrected chi connectivity index (χ4v) is 7.74. The standard InChI is InChI=1S/C35H43F3N2O4/c1-21(22(2)34(43)44-20-23-7-4-3-5-8-23)24-11-13-25(14-12-24)26-15-16-29-30(17-26)32(29)33(42)39-19-31(41)40-28-10-6-9-27(18-28)35(36,37)38/h3-10,18,21-22,24-26,29-30,32H,11-17,19-20H2,1-2H3,(H,39,42)(H,40,41)/t21-,22?,24?,25?,26?,29+,30-,32-/m0/s1. The molecule has 3 fully saturated rings. The number of rotatable bonds is 10. The summed E-state index contributed by atoms with van der Waals surface area (Å²) in [5.41, 5.74) is 0.196. The summed E-state index contributed by atoms with van der Waals surface area (Å²) in [7, 11) is 0. The van der Waals surface area contributed by atoms with Crippen LogP contribution in [0.1, 0.15) is 69.9 Å². The first kappa shape index (κ1) is 32.0. The van der Waals surface area contributed by atoms with E-state index in [1.165, 1.54) is 12.1 Å². The van der Waals surface area contributed by atoms with E-state index in [1.807, 2.05) is 37.3 Å². The van der Waals surface area contributed by atoms with Gasteiger partial charge >= 0.3 is 12.1 Å². The highest BCUT2D eigenvalue weighted by Crippen LogP contribution is 2.59. The van der Waals surface area contributed by atoms with Gasteiger partial charge in [-0.1, -0.05) is 50.2 Å². The Bertz CT molecular complexity index is 1310. The van der Waals surface area contributed by atoms with Crippen molar-refractivity contribution >= 4 is 23.5 Å². The molecule has 2 amide bonds. The summed E-state index contributed by atoms with van der Waals surface area (Å²) in [5, 5.41) is 5.15. The molecule has 2 unspecified atom stereocenters. The number of benzene rings is 2. The van der Waals surface area contributed by atoms with Crippen LogP contribution in [0.15, 0.2) is 54.6 Å². The van der Waals surface area contributed by atoms with Gasteiger partial charge < -0.3 is 15.4 Å². The van der Waals surface area contributed by atoms with Gasteiger partial charge in [-0.15, -0.1) is 0 Å². The molecule has 6 atom stereocenters. The molecule has 0 bridgehead atoms. The molecular formula is C35H43F3N2O4. The molecule has 0 aromatic heterocycles. The van der Waals surface area contributed by atoms with E-state index >= 15 is 0 Å². The predicted molar refractivity (Wildman–Crippen MR) is 161 cm³/mol. The lowest BCUT2D eigenvalue weighted by Gasteiger charge is -2.38. The Morgan fingerprint density at radius 2 is 1.59 bits per heavy atom. The minimum absolute atomic E-state index is 0.0450. The van der Waals surface area contributed by atoms with E-state index in [-0.39, 0.29) is 41.9 Å². The monoisotopic (exact) mass is 612 g/mol. The lowest BCUT2D eigenvalue weighted by Crippen LogP contribution is -2.34. The van der Waals surface area contributed by atoms with Crippen LogP contribution in [0, 0.1) is 47.3 Å². The van der Waals surface area contributed by atoms with E-state index in [2.05, 4.69) is 17.6 Å². The number of ether oxygens (including phenoxy) is 1. The van der Waals surface area contributed by atoms with Crippen molar-refractivity contribution in [1.82, 2.24) is 5.32 Å². The number of esters is 1. The van der Waals surface area contributed by atoms with Crippen molar-refractivity contribution in [2.75, 3.05) is 11.9 Å². The van der Waals surface area contributed by atoms with Crippen molar-refractivity contribution in [3.05, 3.63) is 65.7 Å². The van der Waals surface area contributed by atoms with E-state index in [0.29, 0.717) is 36.2 Å². The van der Waals surface area contributed by atoms with Crippen LogP contribution in [0.5, 0.6) is 0 Å². The third-order valence-electron chi connectivity index (χ3n) is 10.6. The van der Waals surface area contributed by atoms with Crippen molar-refractivity contribution in [3.8, 4) is 0 Å². The van der Waals surface area contributed by atoms with Gasteiger partial charge in [0.25, 0.3) is 0 Å². The number of alkyl halides is 3. The molecule has 2 aromatic carbocycles. The van der Waals surface area contributed by atoms with Gasteiger partial charge in [0.1, 0.15) is 6.61 Å². The summed E-state index contributed by atoms with van der Waals surface area (Å²) >= 11 is 0. The molecule has 0 saturated heterocycles. The van der Waals surface area contributed by atoms with E-state index in [1.54, 1.807) is 0 Å². The first-order valence-electron chi connectivity index (χ1n) is 16.0. The fourth-order valence-electron chi connectivity index (χ4n) is 7.74. The van der Waals surface area contributed by atoms with Crippen LogP contribution in [-0.2, 0) is 31.9 Å². The molecule has 2 N–H and O–H groups in total. The summed E-state index contributed by atoms with van der Waals surface area (Å²) in [4.78, 5) is 37.9. The Kier molecular flexibility index (Phi) is 10.0. The summed E-state index contributed by atoms with van der Waals surface area (Å²) < 4.78 is 44.4. The number of halogens is 3. The van der Waals surface area contributed by atoms with E-state index in [0.717, 1.165) is 62.6 Å². The van der Waals surface area contributed by atoms with Crippen LogP contribution in [0.4, 0.5) is 18.9 Å². The van der Waals surface area contributed by atoms with E-state index in [9.17, 15) is 27.6 Å². The highest BCUT2D eigenvalue weighted by Gasteiger charge is 2.57. The maximum Gasteiger partial charge on any atom is 0.416 e. The van der Waals surface area contributed by atoms with Crippen molar-refractivity contribution in [1.29, 1.82) is 0 Å². The van der Waals surface area contributed by atoms with Crippen LogP contribution in [0.3, 0.4) is 0 Å². The third-order valence-corrected chi connectivity index (χ3v) is 10.6. The second kappa shape index (κ2) is 13.7. The normalized spacial score (nSPS) is 27.8. The number of carbonyl (C=O) groups excluding carboxylic acids is 3. The Labute approximate surface area is 257 Å². The summed E-state index contributed by atoms with van der Waals surface area (Å²) in [6.45, 7) is 4.20. The van der Waals surface area contributed by atoms with Crippen LogP contribution in [0.25, 0.3) is 0 Å². The minimum Gasteiger partial charge on any atom is -0.461 e. The number of anilines is 1. The molecule has 0 aliphatic heterocycles. The minimum atomic E-state index is -4.50. The number of nitrogens with one attached hydrogen (secondary N) is 2. The smallest absolute Gasteiger partial charge is 0.416 e. The summed E-state index contributed by atoms with van der Waals surface area (Å²) in [6.07, 6.45) is 3.19. The van der Waals surface area contributed by atoms with Gasteiger partial charge in [-0.05, 0) is 104 Å². The van der Waals surface area contributed by atoms with Gasteiger partial charge in [-0.25, -0.2) is 0 Å². The fraction of sp³-hybridized carbons (Fsp3) is 0.571. The van der Waals surface area contributed by atoms with Crippen LogP contribution >= 0.6 is 0 Å². The van der Waals surface area contributed by atoms with Crippen LogP contribution in [-0.4, -0.2) is 24.3 Å². The third kappa shape index (κ3) is 7.83. The van der Waals surface area contributed by atoms with Crippen LogP contribution in [0.2, 0.25) is 0 Å². The zero-order valence-electron chi connectivity index (χ0n) is 25.4. The van der Waals surface area contributed by atoms with Gasteiger partial charge in [0.2, 0.25) is 11.8 Å². The molecular weight excluding hydrogens is 569 g/mol. The molecule has 3 saturated carbocycles. The molecule has 0 heterocycles. The van der Waals surface area contributed by atoms with Gasteiger partial charge in [0.15, 0.2) is 0 Å². The SMILES string of the molecule is CC(C(=O)OCc1ccccc1)[C@H](C)C1CCC(C2CC[C@@H]3[C@H](C2)[C@H]3C(=O)NCC(=O)Nc2cccc(C(F)(F)F)c2)CC1. The van der Waals surface area contributed by atoms with Gasteiger partial charge in [-0.3, -0.25) is 14.4 Å². The Morgan fingerprint density at radius 1 is 0.886 bits per heavy atom. The summed E-state index contributed by atoms with van der Waals surface area (Å²) in [5.74, 6) is 1.66. The number of fused-ring (bicyclic) bond motifs is 1. The van der Waals surface area contributed by atoms with Crippen molar-refractivity contribution in [2.24, 2.45) is 47.3 Å². The maximum absolute atomic E-state index is 12.9. The molecule has 2 aromatic rings. The molecule has 0 spiro atoms. The highest BCUT2D eigenvalue weighted by atomic mass is 19.4. The highest BCUT2D eigenvalue weighted by molar-refractivity contribution is 5.95. The van der Waals surface area contributed by atoms with E-state index < -0.39 is 17.6 Å². The van der Waals surface area contributed by atoms with Gasteiger partial charge in [-0.2, -0.15) is 13.2 Å². The molecule has 5 rings (SSSR count). The predicted octanol–water partition coefficient (Wildman–Crippen LogP) is 7.24. The largest absolute Gasteiger partial charge is 0.461 e. The lowest BCUT2D eigenvalue weighted by atomic mass is 9.67. The average molecular weight is 613 g/mol. The van der Waals surface area contributed by atoms with Gasteiger partial charge in [0.05, 0.1) is 18.0 Å². The Balaban J connectivity index is 1.02. The number of carbonyl (C=O) groups is 3. The molecule has 9 heteroatoms. The second-order valence-electron chi connectivity index (χ2n) is 13.2. The number of hydrogen-bond acceptors (Lipinski definition) is 4. The molecule has 238 valence electrons. The topological polar surface area (TPSA) is 84.5 Å². The maximum atomic E-state index is 12.9. The molecule has 3 aliphatic rings. The summed E-state index contributed by atoms with van der Waals surface area (Å²) in [6, 6.07) is 14.2. The first-order valence-corrected chi connectivity index (χ1v) is 16.0. The van der Waals surface area contributed by atoms with Gasteiger partial charge in [0, 0.05) is 11.6 Å². The van der Waals surface area contributed by atoms with Crippen molar-refractivity contribution in [3.63, 3.8) is 0 Å². The molecule has 0 radical (unpaired) electrons. The molecule has 6 nitrogen and oxygen atoms in total. The second-order valence-corrected chi connectivity index (χ2v) is 13.2. The first-order chi connectivity index (χ1) is 21.0. The Morgan fingerprint density at radius 3 is 2.30 bits per heavy atom. The van der Waals surface area contributed by atoms with Crippen molar-refractivity contribution < 1.29 is 32.3 Å². The molecule has 3 aliphatic carbocycles. The van der Waals surface area contributed by atoms with Crippen LogP contribution < -0.4 is 10.6 Å². The molecule has 44 heavy (non-hydrogen) atoms. The number of amides is 2. The quantitative estimate of drug-likeness (QED) is 0.277. The number of hydrogen-bond donors (Lipinski definition) is 2. The zero-order chi connectivity index (χ0) is 31.4. The average Bonchev–Trinajstić information content (AvgIpc) is 3.76. The van der Waals surface area contributed by atoms with E-state index in [4.69, 9.17) is 4.74 Å². The zero-order valence-corrected chi connectivity index (χ0v) is 25.4. The lowest BCUT2D eigenvalue weighted by molar-refractivity contribution is -0.152. The Hall–Kier alpha value is -3.36.